The van der Waals surface area contributed by atoms with Crippen molar-refractivity contribution in [2.45, 2.75) is 39.3 Å². The molecule has 0 unspecified atom stereocenters. The number of amides is 1. The van der Waals surface area contributed by atoms with Gasteiger partial charge in [-0.1, -0.05) is 48.1 Å². The molecule has 1 aromatic heterocycles. The lowest BCUT2D eigenvalue weighted by atomic mass is 9.80. The molecule has 1 aromatic carbocycles. The highest BCUT2D eigenvalue weighted by Gasteiger charge is 2.54. The molecule has 2 heterocycles. The van der Waals surface area contributed by atoms with Crippen LogP contribution in [0.15, 0.2) is 30.3 Å². The Morgan fingerprint density at radius 3 is 2.96 bits per heavy atom. The number of hydrogen-bond acceptors (Lipinski definition) is 5. The predicted molar refractivity (Wildman–Crippen MR) is 98.0 cm³/mol. The standard InChI is InChI=1S/C19H24N4OS/c1-14-21-22-17(25-14)10-20-18(24)19-9-5-8-16(19)12-23(13-19)11-15-6-3-2-4-7-15/h2-4,6-7,16H,5,8-13H2,1H3,(H,20,24)/t16-,19-/m1/s1. The van der Waals surface area contributed by atoms with E-state index < -0.39 is 0 Å². The van der Waals surface area contributed by atoms with Crippen LogP contribution in [0.5, 0.6) is 0 Å². The normalized spacial score (nSPS) is 25.9. The lowest BCUT2D eigenvalue weighted by Gasteiger charge is -2.27. The zero-order chi connectivity index (χ0) is 17.3. The molecule has 0 radical (unpaired) electrons. The summed E-state index contributed by atoms with van der Waals surface area (Å²) < 4.78 is 0. The Morgan fingerprint density at radius 1 is 1.36 bits per heavy atom. The Bertz CT molecular complexity index is 747. The maximum Gasteiger partial charge on any atom is 0.228 e. The number of hydrogen-bond donors (Lipinski definition) is 1. The summed E-state index contributed by atoms with van der Waals surface area (Å²) in [6.45, 7) is 5.26. The SMILES string of the molecule is Cc1nnc(CNC(=O)[C@@]23CCC[C@@H]2CN(Cc2ccccc2)C3)s1. The van der Waals surface area contributed by atoms with Crippen LogP contribution in [0.25, 0.3) is 0 Å². The van der Waals surface area contributed by atoms with Gasteiger partial charge in [-0.25, -0.2) is 0 Å². The largest absolute Gasteiger partial charge is 0.349 e. The number of rotatable bonds is 5. The van der Waals surface area contributed by atoms with E-state index in [2.05, 4.69) is 44.7 Å². The molecule has 2 aliphatic rings. The van der Waals surface area contributed by atoms with Crippen molar-refractivity contribution >= 4 is 17.2 Å². The summed E-state index contributed by atoms with van der Waals surface area (Å²) in [5.41, 5.74) is 1.11. The van der Waals surface area contributed by atoms with Crippen molar-refractivity contribution in [2.24, 2.45) is 11.3 Å². The minimum absolute atomic E-state index is 0.207. The zero-order valence-electron chi connectivity index (χ0n) is 14.6. The lowest BCUT2D eigenvalue weighted by molar-refractivity contribution is -0.131. The second-order valence-electron chi connectivity index (χ2n) is 7.30. The molecule has 1 saturated carbocycles. The van der Waals surface area contributed by atoms with Gasteiger partial charge in [0.05, 0.1) is 12.0 Å². The first-order valence-corrected chi connectivity index (χ1v) is 9.81. The van der Waals surface area contributed by atoms with Gasteiger partial charge in [-0.2, -0.15) is 0 Å². The molecule has 2 fully saturated rings. The third kappa shape index (κ3) is 3.33. The van der Waals surface area contributed by atoms with Crippen molar-refractivity contribution in [2.75, 3.05) is 13.1 Å². The molecule has 1 amide bonds. The van der Waals surface area contributed by atoms with Gasteiger partial charge in [0.2, 0.25) is 5.91 Å². The first kappa shape index (κ1) is 16.7. The topological polar surface area (TPSA) is 58.1 Å². The molecule has 132 valence electrons. The zero-order valence-corrected chi connectivity index (χ0v) is 15.4. The first-order chi connectivity index (χ1) is 12.2. The highest BCUT2D eigenvalue weighted by molar-refractivity contribution is 7.11. The maximum absolute atomic E-state index is 13.0. The molecular formula is C19H24N4OS. The third-order valence-electron chi connectivity index (χ3n) is 5.61. The summed E-state index contributed by atoms with van der Waals surface area (Å²) in [7, 11) is 0. The Labute approximate surface area is 152 Å². The van der Waals surface area contributed by atoms with E-state index in [-0.39, 0.29) is 11.3 Å². The Balaban J connectivity index is 1.42. The van der Waals surface area contributed by atoms with E-state index in [1.54, 1.807) is 11.3 Å². The minimum atomic E-state index is -0.214. The summed E-state index contributed by atoms with van der Waals surface area (Å²) in [5, 5.41) is 13.1. The van der Waals surface area contributed by atoms with Gasteiger partial charge in [-0.15, -0.1) is 10.2 Å². The van der Waals surface area contributed by atoms with Crippen LogP contribution < -0.4 is 5.32 Å². The smallest absolute Gasteiger partial charge is 0.228 e. The maximum atomic E-state index is 13.0. The van der Waals surface area contributed by atoms with Crippen LogP contribution in [0, 0.1) is 18.3 Å². The minimum Gasteiger partial charge on any atom is -0.349 e. The molecular weight excluding hydrogens is 332 g/mol. The number of fused-ring (bicyclic) bond motifs is 1. The van der Waals surface area contributed by atoms with Crippen LogP contribution in [-0.2, 0) is 17.9 Å². The molecule has 1 aliphatic carbocycles. The van der Waals surface area contributed by atoms with Gasteiger partial charge in [-0.3, -0.25) is 9.69 Å². The van der Waals surface area contributed by atoms with Crippen molar-refractivity contribution in [3.63, 3.8) is 0 Å². The van der Waals surface area contributed by atoms with Crippen LogP contribution in [0.2, 0.25) is 0 Å². The van der Waals surface area contributed by atoms with E-state index in [0.717, 1.165) is 48.9 Å². The van der Waals surface area contributed by atoms with Crippen molar-refractivity contribution in [1.29, 1.82) is 0 Å². The van der Waals surface area contributed by atoms with E-state index in [1.807, 2.05) is 13.0 Å². The van der Waals surface area contributed by atoms with Crippen LogP contribution in [0.1, 0.15) is 34.8 Å². The van der Waals surface area contributed by atoms with Gasteiger partial charge in [0.1, 0.15) is 10.0 Å². The summed E-state index contributed by atoms with van der Waals surface area (Å²) in [6, 6.07) is 10.5. The summed E-state index contributed by atoms with van der Waals surface area (Å²) in [4.78, 5) is 15.5. The number of aromatic nitrogens is 2. The Hall–Kier alpha value is -1.79. The fraction of sp³-hybridized carbons (Fsp3) is 0.526. The highest BCUT2D eigenvalue weighted by Crippen LogP contribution is 2.49. The molecule has 6 heteroatoms. The van der Waals surface area contributed by atoms with E-state index in [9.17, 15) is 4.79 Å². The first-order valence-electron chi connectivity index (χ1n) is 8.99. The molecule has 0 spiro atoms. The van der Waals surface area contributed by atoms with Crippen molar-refractivity contribution in [1.82, 2.24) is 20.4 Å². The van der Waals surface area contributed by atoms with Gasteiger partial charge in [0, 0.05) is 19.6 Å². The average Bonchev–Trinajstić information content (AvgIpc) is 3.28. The van der Waals surface area contributed by atoms with Gasteiger partial charge >= 0.3 is 0 Å². The highest BCUT2D eigenvalue weighted by atomic mass is 32.1. The fourth-order valence-corrected chi connectivity index (χ4v) is 5.12. The van der Waals surface area contributed by atoms with Gasteiger partial charge in [0.25, 0.3) is 0 Å². The van der Waals surface area contributed by atoms with Gasteiger partial charge in [0.15, 0.2) is 0 Å². The monoisotopic (exact) mass is 356 g/mol. The van der Waals surface area contributed by atoms with Crippen LogP contribution in [0.3, 0.4) is 0 Å². The molecule has 1 aliphatic heterocycles. The summed E-state index contributed by atoms with van der Waals surface area (Å²) in [5.74, 6) is 0.686. The van der Waals surface area contributed by atoms with Gasteiger partial charge in [-0.05, 0) is 31.2 Å². The Morgan fingerprint density at radius 2 is 2.20 bits per heavy atom. The number of nitrogens with zero attached hydrogens (tertiary/aromatic N) is 3. The lowest BCUT2D eigenvalue weighted by Crippen LogP contribution is -2.43. The predicted octanol–water partition coefficient (Wildman–Crippen LogP) is 2.77. The third-order valence-corrected chi connectivity index (χ3v) is 6.45. The van der Waals surface area contributed by atoms with E-state index in [4.69, 9.17) is 0 Å². The molecule has 0 bridgehead atoms. The average molecular weight is 356 g/mol. The van der Waals surface area contributed by atoms with E-state index >= 15 is 0 Å². The van der Waals surface area contributed by atoms with Crippen molar-refractivity contribution in [3.8, 4) is 0 Å². The quantitative estimate of drug-likeness (QED) is 0.895. The second-order valence-corrected chi connectivity index (χ2v) is 8.56. The molecule has 2 aromatic rings. The van der Waals surface area contributed by atoms with Crippen molar-refractivity contribution in [3.05, 3.63) is 45.9 Å². The van der Waals surface area contributed by atoms with Crippen LogP contribution >= 0.6 is 11.3 Å². The van der Waals surface area contributed by atoms with Crippen LogP contribution in [0.4, 0.5) is 0 Å². The summed E-state index contributed by atoms with van der Waals surface area (Å²) >= 11 is 1.55. The second kappa shape index (κ2) is 6.84. The molecule has 1 saturated heterocycles. The molecule has 2 atom stereocenters. The fourth-order valence-electron chi connectivity index (χ4n) is 4.47. The molecule has 25 heavy (non-hydrogen) atoms. The number of carbonyl (C=O) groups is 1. The number of benzene rings is 1. The molecule has 4 rings (SSSR count). The number of likely N-dealkylation sites (tertiary alicyclic amines) is 1. The number of nitrogens with one attached hydrogen (secondary N) is 1. The van der Waals surface area contributed by atoms with Crippen LogP contribution in [-0.4, -0.2) is 34.1 Å². The number of aryl methyl sites for hydroxylation is 1. The van der Waals surface area contributed by atoms with Crippen molar-refractivity contribution < 1.29 is 4.79 Å². The molecule has 1 N–H and O–H groups in total. The number of carbonyl (C=O) groups excluding carboxylic acids is 1. The van der Waals surface area contributed by atoms with E-state index in [0.29, 0.717) is 12.5 Å². The van der Waals surface area contributed by atoms with Gasteiger partial charge < -0.3 is 5.32 Å². The molecule has 5 nitrogen and oxygen atoms in total. The Kier molecular flexibility index (Phi) is 4.56. The van der Waals surface area contributed by atoms with E-state index in [1.165, 1.54) is 5.56 Å². The summed E-state index contributed by atoms with van der Waals surface area (Å²) in [6.07, 6.45) is 3.33.